The van der Waals surface area contributed by atoms with Crippen molar-refractivity contribution in [1.29, 1.82) is 0 Å². The molecule has 2 N–H and O–H groups in total. The molecule has 1 atom stereocenters. The van der Waals surface area contributed by atoms with E-state index in [1.165, 1.54) is 6.42 Å². The fourth-order valence-corrected chi connectivity index (χ4v) is 0.789. The molecule has 0 spiro atoms. The zero-order valence-corrected chi connectivity index (χ0v) is 5.43. The molecule has 0 heterocycles. The summed E-state index contributed by atoms with van der Waals surface area (Å²) in [7, 11) is 0. The predicted molar refractivity (Wildman–Crippen MR) is 38.7 cm³/mol. The maximum atomic E-state index is 5.54. The molecule has 0 bridgehead atoms. The van der Waals surface area contributed by atoms with E-state index in [4.69, 9.17) is 5.73 Å². The van der Waals surface area contributed by atoms with E-state index in [0.29, 0.717) is 0 Å². The molecule has 0 aromatic carbocycles. The van der Waals surface area contributed by atoms with Crippen LogP contribution < -0.4 is 5.73 Å². The summed E-state index contributed by atoms with van der Waals surface area (Å²) in [4.78, 5) is 0. The molecule has 1 unspecified atom stereocenters. The SMILES string of the molecule is NC1C#CCCCC=C1. The quantitative estimate of drug-likeness (QED) is 0.376. The Balaban J connectivity index is 2.52. The van der Waals surface area contributed by atoms with Gasteiger partial charge in [0, 0.05) is 6.42 Å². The molecule has 0 amide bonds. The van der Waals surface area contributed by atoms with Crippen molar-refractivity contribution in [2.45, 2.75) is 25.3 Å². The third-order valence-electron chi connectivity index (χ3n) is 1.28. The Morgan fingerprint density at radius 2 is 2.44 bits per heavy atom. The first kappa shape index (κ1) is 6.38. The smallest absolute Gasteiger partial charge is 0.0850 e. The Morgan fingerprint density at radius 1 is 1.56 bits per heavy atom. The van der Waals surface area contributed by atoms with E-state index in [-0.39, 0.29) is 6.04 Å². The van der Waals surface area contributed by atoms with Gasteiger partial charge in [0.2, 0.25) is 0 Å². The monoisotopic (exact) mass is 121 g/mol. The van der Waals surface area contributed by atoms with Gasteiger partial charge in [-0.25, -0.2) is 0 Å². The maximum absolute atomic E-state index is 5.54. The lowest BCUT2D eigenvalue weighted by molar-refractivity contribution is 0.867. The van der Waals surface area contributed by atoms with Gasteiger partial charge in [0.25, 0.3) is 0 Å². The zero-order valence-electron chi connectivity index (χ0n) is 5.43. The Labute approximate surface area is 55.9 Å². The van der Waals surface area contributed by atoms with Crippen LogP contribution in [0.1, 0.15) is 19.3 Å². The minimum absolute atomic E-state index is 0.0229. The summed E-state index contributed by atoms with van der Waals surface area (Å²) in [5, 5.41) is 0. The Hall–Kier alpha value is -0.740. The van der Waals surface area contributed by atoms with Gasteiger partial charge in [0.1, 0.15) is 0 Å². The Morgan fingerprint density at radius 3 is 3.33 bits per heavy atom. The van der Waals surface area contributed by atoms with Crippen molar-refractivity contribution in [3.63, 3.8) is 0 Å². The molecule has 1 nitrogen and oxygen atoms in total. The number of rotatable bonds is 0. The van der Waals surface area contributed by atoms with Gasteiger partial charge in [-0.1, -0.05) is 18.1 Å². The second-order valence-electron chi connectivity index (χ2n) is 2.17. The summed E-state index contributed by atoms with van der Waals surface area (Å²) < 4.78 is 0. The summed E-state index contributed by atoms with van der Waals surface area (Å²) in [6, 6.07) is -0.0229. The van der Waals surface area contributed by atoms with Gasteiger partial charge in [-0.3, -0.25) is 0 Å². The van der Waals surface area contributed by atoms with E-state index in [2.05, 4.69) is 17.9 Å². The Bertz CT molecular complexity index is 159. The van der Waals surface area contributed by atoms with Gasteiger partial charge in [-0.15, -0.1) is 5.92 Å². The first-order valence-electron chi connectivity index (χ1n) is 3.30. The highest BCUT2D eigenvalue weighted by molar-refractivity contribution is 5.15. The first-order valence-corrected chi connectivity index (χ1v) is 3.30. The van der Waals surface area contributed by atoms with Crippen LogP contribution in [0.3, 0.4) is 0 Å². The van der Waals surface area contributed by atoms with Crippen LogP contribution in [0.2, 0.25) is 0 Å². The van der Waals surface area contributed by atoms with Gasteiger partial charge < -0.3 is 5.73 Å². The van der Waals surface area contributed by atoms with Crippen LogP contribution in [-0.4, -0.2) is 6.04 Å². The predicted octanol–water partition coefficient (Wildman–Crippen LogP) is 1.06. The second kappa shape index (κ2) is 3.32. The van der Waals surface area contributed by atoms with Crippen LogP contribution in [0.25, 0.3) is 0 Å². The summed E-state index contributed by atoms with van der Waals surface area (Å²) in [6.07, 6.45) is 7.38. The molecule has 0 aliphatic heterocycles. The molecule has 1 aliphatic rings. The molecular weight excluding hydrogens is 110 g/mol. The summed E-state index contributed by atoms with van der Waals surface area (Å²) >= 11 is 0. The highest BCUT2D eigenvalue weighted by atomic mass is 14.6. The normalized spacial score (nSPS) is 25.7. The van der Waals surface area contributed by atoms with E-state index in [1.807, 2.05) is 6.08 Å². The van der Waals surface area contributed by atoms with E-state index in [1.54, 1.807) is 0 Å². The zero-order chi connectivity index (χ0) is 6.53. The fourth-order valence-electron chi connectivity index (χ4n) is 0.789. The van der Waals surface area contributed by atoms with Crippen LogP contribution >= 0.6 is 0 Å². The Kier molecular flexibility index (Phi) is 2.35. The lowest BCUT2D eigenvalue weighted by atomic mass is 10.1. The fraction of sp³-hybridized carbons (Fsp3) is 0.500. The lowest BCUT2D eigenvalue weighted by Crippen LogP contribution is -2.13. The molecule has 0 radical (unpaired) electrons. The van der Waals surface area contributed by atoms with E-state index < -0.39 is 0 Å². The topological polar surface area (TPSA) is 26.0 Å². The minimum atomic E-state index is -0.0229. The van der Waals surface area contributed by atoms with Gasteiger partial charge >= 0.3 is 0 Å². The molecule has 0 saturated heterocycles. The average Bonchev–Trinajstić information content (AvgIpc) is 1.79. The lowest BCUT2D eigenvalue weighted by Gasteiger charge is -1.97. The minimum Gasteiger partial charge on any atom is -0.314 e. The number of hydrogen-bond acceptors (Lipinski definition) is 1. The molecule has 0 aromatic heterocycles. The highest BCUT2D eigenvalue weighted by Gasteiger charge is 1.90. The molecule has 1 rings (SSSR count). The first-order chi connectivity index (χ1) is 4.39. The highest BCUT2D eigenvalue weighted by Crippen LogP contribution is 1.98. The van der Waals surface area contributed by atoms with E-state index in [0.717, 1.165) is 12.8 Å². The standard InChI is InChI=1S/C8H11N/c9-8-6-4-2-1-3-5-7-8/h4,6,8H,1-3,9H2. The number of nitrogens with two attached hydrogens (primary N) is 1. The largest absolute Gasteiger partial charge is 0.314 e. The molecule has 1 aliphatic carbocycles. The van der Waals surface area contributed by atoms with Crippen LogP contribution in [-0.2, 0) is 0 Å². The number of hydrogen-bond donors (Lipinski definition) is 1. The van der Waals surface area contributed by atoms with Gasteiger partial charge in [0.05, 0.1) is 6.04 Å². The average molecular weight is 121 g/mol. The van der Waals surface area contributed by atoms with Crippen molar-refractivity contribution in [2.75, 3.05) is 0 Å². The molecule has 0 saturated carbocycles. The van der Waals surface area contributed by atoms with Crippen molar-refractivity contribution in [2.24, 2.45) is 5.73 Å². The van der Waals surface area contributed by atoms with Crippen molar-refractivity contribution in [3.8, 4) is 11.8 Å². The molecular formula is C8H11N. The van der Waals surface area contributed by atoms with Gasteiger partial charge in [-0.2, -0.15) is 0 Å². The third kappa shape index (κ3) is 2.34. The van der Waals surface area contributed by atoms with Gasteiger partial charge in [-0.05, 0) is 12.8 Å². The van der Waals surface area contributed by atoms with Gasteiger partial charge in [0.15, 0.2) is 0 Å². The van der Waals surface area contributed by atoms with E-state index in [9.17, 15) is 0 Å². The van der Waals surface area contributed by atoms with Crippen LogP contribution in [0.5, 0.6) is 0 Å². The summed E-state index contributed by atoms with van der Waals surface area (Å²) in [6.45, 7) is 0. The van der Waals surface area contributed by atoms with Crippen molar-refractivity contribution >= 4 is 0 Å². The third-order valence-corrected chi connectivity index (χ3v) is 1.28. The van der Waals surface area contributed by atoms with Crippen molar-refractivity contribution in [1.82, 2.24) is 0 Å². The molecule has 0 aromatic rings. The van der Waals surface area contributed by atoms with Crippen LogP contribution in [0.4, 0.5) is 0 Å². The molecule has 48 valence electrons. The molecule has 1 heteroatoms. The summed E-state index contributed by atoms with van der Waals surface area (Å²) in [5.74, 6) is 5.94. The molecule has 0 fully saturated rings. The van der Waals surface area contributed by atoms with E-state index >= 15 is 0 Å². The second-order valence-corrected chi connectivity index (χ2v) is 2.17. The summed E-state index contributed by atoms with van der Waals surface area (Å²) in [5.41, 5.74) is 5.54. The van der Waals surface area contributed by atoms with Crippen molar-refractivity contribution in [3.05, 3.63) is 12.2 Å². The van der Waals surface area contributed by atoms with Crippen LogP contribution in [0, 0.1) is 11.8 Å². The molecule has 9 heavy (non-hydrogen) atoms. The number of allylic oxidation sites excluding steroid dienone is 1. The maximum Gasteiger partial charge on any atom is 0.0850 e. The van der Waals surface area contributed by atoms with Crippen molar-refractivity contribution < 1.29 is 0 Å². The van der Waals surface area contributed by atoms with Crippen LogP contribution in [0.15, 0.2) is 12.2 Å².